The number of amides is 2. The van der Waals surface area contributed by atoms with Crippen LogP contribution in [-0.4, -0.2) is 30.7 Å². The van der Waals surface area contributed by atoms with Crippen molar-refractivity contribution in [3.05, 3.63) is 35.9 Å². The van der Waals surface area contributed by atoms with E-state index in [9.17, 15) is 14.4 Å². The highest BCUT2D eigenvalue weighted by Crippen LogP contribution is 2.01. The standard InChI is InChI=1S/C16H22N2O3/c1-13(19)7-9-15(20)17-11-12-18-16(21)10-8-14-5-3-2-4-6-14/h2-6H,7-12H2,1H3,(H,17,20)(H,18,21). The van der Waals surface area contributed by atoms with Gasteiger partial charge in [-0.1, -0.05) is 30.3 Å². The molecular weight excluding hydrogens is 268 g/mol. The second kappa shape index (κ2) is 9.69. The van der Waals surface area contributed by atoms with Crippen LogP contribution in [-0.2, 0) is 20.8 Å². The molecule has 0 aliphatic carbocycles. The molecular formula is C16H22N2O3. The molecule has 0 aliphatic rings. The van der Waals surface area contributed by atoms with E-state index >= 15 is 0 Å². The van der Waals surface area contributed by atoms with E-state index in [4.69, 9.17) is 0 Å². The van der Waals surface area contributed by atoms with Gasteiger partial charge in [0.25, 0.3) is 0 Å². The molecule has 0 heterocycles. The zero-order chi connectivity index (χ0) is 15.5. The third kappa shape index (κ3) is 8.57. The number of benzene rings is 1. The predicted molar refractivity (Wildman–Crippen MR) is 80.7 cm³/mol. The lowest BCUT2D eigenvalue weighted by atomic mass is 10.1. The van der Waals surface area contributed by atoms with Crippen LogP contribution < -0.4 is 10.6 Å². The van der Waals surface area contributed by atoms with Gasteiger partial charge < -0.3 is 15.4 Å². The molecule has 5 nitrogen and oxygen atoms in total. The van der Waals surface area contributed by atoms with Gasteiger partial charge in [-0.3, -0.25) is 9.59 Å². The number of Topliss-reactive ketones (excluding diaryl/α,β-unsaturated/α-hetero) is 1. The lowest BCUT2D eigenvalue weighted by Crippen LogP contribution is -2.34. The highest BCUT2D eigenvalue weighted by atomic mass is 16.2. The fourth-order valence-corrected chi connectivity index (χ4v) is 1.77. The largest absolute Gasteiger partial charge is 0.354 e. The number of rotatable bonds is 9. The van der Waals surface area contributed by atoms with Crippen molar-refractivity contribution in [2.45, 2.75) is 32.6 Å². The summed E-state index contributed by atoms with van der Waals surface area (Å²) in [4.78, 5) is 33.7. The van der Waals surface area contributed by atoms with Crippen molar-refractivity contribution in [2.75, 3.05) is 13.1 Å². The normalized spacial score (nSPS) is 9.95. The highest BCUT2D eigenvalue weighted by molar-refractivity contribution is 5.83. The third-order valence-electron chi connectivity index (χ3n) is 2.96. The van der Waals surface area contributed by atoms with Gasteiger partial charge in [0.05, 0.1) is 0 Å². The highest BCUT2D eigenvalue weighted by Gasteiger charge is 2.04. The summed E-state index contributed by atoms with van der Waals surface area (Å²) in [6.07, 6.45) is 1.60. The Morgan fingerprint density at radius 1 is 0.857 bits per heavy atom. The Hall–Kier alpha value is -2.17. The average Bonchev–Trinajstić information content (AvgIpc) is 2.48. The quantitative estimate of drug-likeness (QED) is 0.671. The van der Waals surface area contributed by atoms with Crippen LogP contribution in [0.25, 0.3) is 0 Å². The summed E-state index contributed by atoms with van der Waals surface area (Å²) in [5, 5.41) is 5.41. The molecule has 0 saturated carbocycles. The maximum Gasteiger partial charge on any atom is 0.220 e. The van der Waals surface area contributed by atoms with Gasteiger partial charge in [-0.05, 0) is 18.9 Å². The molecule has 0 bridgehead atoms. The van der Waals surface area contributed by atoms with Crippen LogP contribution in [0.15, 0.2) is 30.3 Å². The summed E-state index contributed by atoms with van der Waals surface area (Å²) in [7, 11) is 0. The molecule has 2 amide bonds. The summed E-state index contributed by atoms with van der Waals surface area (Å²) in [5.74, 6) is -0.195. The number of carbonyl (C=O) groups is 3. The zero-order valence-electron chi connectivity index (χ0n) is 12.4. The summed E-state index contributed by atoms with van der Waals surface area (Å²) >= 11 is 0. The molecule has 0 atom stereocenters. The summed E-state index contributed by atoms with van der Waals surface area (Å²) in [6.45, 7) is 2.24. The molecule has 0 radical (unpaired) electrons. The van der Waals surface area contributed by atoms with Crippen molar-refractivity contribution < 1.29 is 14.4 Å². The van der Waals surface area contributed by atoms with E-state index in [-0.39, 0.29) is 30.4 Å². The smallest absolute Gasteiger partial charge is 0.220 e. The number of hydrogen-bond acceptors (Lipinski definition) is 3. The van der Waals surface area contributed by atoms with Gasteiger partial charge in [0, 0.05) is 32.4 Å². The Kier molecular flexibility index (Phi) is 7.79. The first-order chi connectivity index (χ1) is 10.1. The first-order valence-corrected chi connectivity index (χ1v) is 7.14. The van der Waals surface area contributed by atoms with Crippen molar-refractivity contribution in [3.63, 3.8) is 0 Å². The summed E-state index contributed by atoms with van der Waals surface area (Å²) in [6, 6.07) is 9.82. The van der Waals surface area contributed by atoms with Crippen LogP contribution in [0.2, 0.25) is 0 Å². The van der Waals surface area contributed by atoms with E-state index in [1.54, 1.807) is 0 Å². The van der Waals surface area contributed by atoms with Crippen LogP contribution in [0, 0.1) is 0 Å². The number of nitrogens with one attached hydrogen (secondary N) is 2. The Bertz CT molecular complexity index is 472. The fraction of sp³-hybridized carbons (Fsp3) is 0.438. The number of carbonyl (C=O) groups excluding carboxylic acids is 3. The predicted octanol–water partition coefficient (Wildman–Crippen LogP) is 1.22. The molecule has 1 aromatic rings. The number of aryl methyl sites for hydroxylation is 1. The van der Waals surface area contributed by atoms with E-state index in [0.717, 1.165) is 5.56 Å². The lowest BCUT2D eigenvalue weighted by Gasteiger charge is -2.07. The molecule has 0 fully saturated rings. The molecule has 0 spiro atoms. The summed E-state index contributed by atoms with van der Waals surface area (Å²) in [5.41, 5.74) is 1.13. The Labute approximate surface area is 125 Å². The van der Waals surface area contributed by atoms with Crippen LogP contribution in [0.4, 0.5) is 0 Å². The summed E-state index contributed by atoms with van der Waals surface area (Å²) < 4.78 is 0. The minimum absolute atomic E-state index is 0.000588. The van der Waals surface area contributed by atoms with Gasteiger partial charge >= 0.3 is 0 Å². The molecule has 114 valence electrons. The molecule has 0 aliphatic heterocycles. The minimum atomic E-state index is -0.163. The molecule has 1 rings (SSSR count). The molecule has 0 aromatic heterocycles. The van der Waals surface area contributed by atoms with Crippen molar-refractivity contribution >= 4 is 17.6 Å². The lowest BCUT2D eigenvalue weighted by molar-refractivity contribution is -0.124. The molecule has 0 unspecified atom stereocenters. The molecule has 2 N–H and O–H groups in total. The Morgan fingerprint density at radius 2 is 1.43 bits per heavy atom. The van der Waals surface area contributed by atoms with Crippen LogP contribution >= 0.6 is 0 Å². The maximum atomic E-state index is 11.6. The zero-order valence-corrected chi connectivity index (χ0v) is 12.4. The van der Waals surface area contributed by atoms with E-state index in [0.29, 0.717) is 25.9 Å². The first kappa shape index (κ1) is 16.9. The van der Waals surface area contributed by atoms with Gasteiger partial charge in [-0.2, -0.15) is 0 Å². The van der Waals surface area contributed by atoms with E-state index < -0.39 is 0 Å². The molecule has 5 heteroatoms. The average molecular weight is 290 g/mol. The van der Waals surface area contributed by atoms with Gasteiger partial charge in [0.15, 0.2) is 0 Å². The second-order valence-corrected chi connectivity index (χ2v) is 4.89. The number of ketones is 1. The second-order valence-electron chi connectivity index (χ2n) is 4.89. The van der Waals surface area contributed by atoms with Gasteiger partial charge in [-0.15, -0.1) is 0 Å². The molecule has 21 heavy (non-hydrogen) atoms. The number of hydrogen-bond donors (Lipinski definition) is 2. The van der Waals surface area contributed by atoms with E-state index in [1.165, 1.54) is 6.92 Å². The van der Waals surface area contributed by atoms with Crippen molar-refractivity contribution in [2.24, 2.45) is 0 Å². The SMILES string of the molecule is CC(=O)CCC(=O)NCCNC(=O)CCc1ccccc1. The van der Waals surface area contributed by atoms with E-state index in [2.05, 4.69) is 10.6 Å². The Morgan fingerprint density at radius 3 is 2.00 bits per heavy atom. The third-order valence-corrected chi connectivity index (χ3v) is 2.96. The van der Waals surface area contributed by atoms with Crippen molar-refractivity contribution in [3.8, 4) is 0 Å². The molecule has 0 saturated heterocycles. The van der Waals surface area contributed by atoms with Crippen LogP contribution in [0.1, 0.15) is 31.7 Å². The van der Waals surface area contributed by atoms with Gasteiger partial charge in [-0.25, -0.2) is 0 Å². The van der Waals surface area contributed by atoms with Crippen LogP contribution in [0.3, 0.4) is 0 Å². The van der Waals surface area contributed by atoms with Crippen molar-refractivity contribution in [1.82, 2.24) is 10.6 Å². The van der Waals surface area contributed by atoms with Gasteiger partial charge in [0.2, 0.25) is 11.8 Å². The first-order valence-electron chi connectivity index (χ1n) is 7.14. The maximum absolute atomic E-state index is 11.6. The topological polar surface area (TPSA) is 75.3 Å². The van der Waals surface area contributed by atoms with E-state index in [1.807, 2.05) is 30.3 Å². The molecule has 1 aromatic carbocycles. The van der Waals surface area contributed by atoms with Gasteiger partial charge in [0.1, 0.15) is 5.78 Å². The Balaban J connectivity index is 2.05. The van der Waals surface area contributed by atoms with Crippen molar-refractivity contribution in [1.29, 1.82) is 0 Å². The fourth-order valence-electron chi connectivity index (χ4n) is 1.77. The minimum Gasteiger partial charge on any atom is -0.354 e. The monoisotopic (exact) mass is 290 g/mol. The van der Waals surface area contributed by atoms with Crippen LogP contribution in [0.5, 0.6) is 0 Å².